The number of aliphatic hydroxyl groups is 1. The van der Waals surface area contributed by atoms with Gasteiger partial charge in [-0.2, -0.15) is 5.10 Å². The third-order valence-electron chi connectivity index (χ3n) is 3.24. The molecule has 3 aromatic rings. The van der Waals surface area contributed by atoms with E-state index in [2.05, 4.69) is 28.0 Å². The van der Waals surface area contributed by atoms with Crippen LogP contribution in [0.2, 0.25) is 0 Å². The van der Waals surface area contributed by atoms with Crippen LogP contribution in [-0.4, -0.2) is 14.9 Å². The van der Waals surface area contributed by atoms with E-state index in [1.807, 2.05) is 35.0 Å². The molecule has 1 unspecified atom stereocenters. The number of rotatable bonds is 4. The van der Waals surface area contributed by atoms with Gasteiger partial charge < -0.3 is 9.52 Å². The number of aliphatic hydroxyl groups excluding tert-OH is 1. The Morgan fingerprint density at radius 1 is 1.40 bits per heavy atom. The normalized spacial score (nSPS) is 12.9. The standard InChI is InChI=1S/C15H15BrN2O2/c1-2-7-18-14(11(16)9-17-18)15(19)13-8-10-5-3-4-6-12(10)20-13/h3-6,8-9,15,19H,2,7H2,1H3. The average Bonchev–Trinajstić information content (AvgIpc) is 3.02. The highest BCUT2D eigenvalue weighted by Gasteiger charge is 2.22. The number of furan rings is 1. The number of benzene rings is 1. The molecule has 5 heteroatoms. The highest BCUT2D eigenvalue weighted by Crippen LogP contribution is 2.32. The van der Waals surface area contributed by atoms with Crippen LogP contribution in [0.4, 0.5) is 0 Å². The quantitative estimate of drug-likeness (QED) is 0.787. The Hall–Kier alpha value is -1.59. The number of hydrogen-bond donors (Lipinski definition) is 1. The van der Waals surface area contributed by atoms with E-state index in [-0.39, 0.29) is 0 Å². The van der Waals surface area contributed by atoms with Crippen molar-refractivity contribution in [3.8, 4) is 0 Å². The van der Waals surface area contributed by atoms with Crippen molar-refractivity contribution in [3.63, 3.8) is 0 Å². The molecule has 1 N–H and O–H groups in total. The summed E-state index contributed by atoms with van der Waals surface area (Å²) in [6, 6.07) is 9.59. The second-order valence-electron chi connectivity index (χ2n) is 4.69. The van der Waals surface area contributed by atoms with E-state index in [0.29, 0.717) is 5.76 Å². The van der Waals surface area contributed by atoms with E-state index in [4.69, 9.17) is 4.42 Å². The average molecular weight is 335 g/mol. The summed E-state index contributed by atoms with van der Waals surface area (Å²) in [6.07, 6.45) is 1.83. The van der Waals surface area contributed by atoms with Crippen molar-refractivity contribution in [2.75, 3.05) is 0 Å². The fourth-order valence-corrected chi connectivity index (χ4v) is 2.82. The number of aryl methyl sites for hydroxylation is 1. The van der Waals surface area contributed by atoms with E-state index >= 15 is 0 Å². The summed E-state index contributed by atoms with van der Waals surface area (Å²) >= 11 is 3.44. The Bertz CT molecular complexity index is 699. The molecule has 4 nitrogen and oxygen atoms in total. The fourth-order valence-electron chi connectivity index (χ4n) is 2.31. The molecule has 0 aliphatic carbocycles. The van der Waals surface area contributed by atoms with Crippen LogP contribution in [0.5, 0.6) is 0 Å². The Kier molecular flexibility index (Phi) is 3.63. The number of hydrogen-bond acceptors (Lipinski definition) is 3. The van der Waals surface area contributed by atoms with Gasteiger partial charge in [0.2, 0.25) is 0 Å². The molecule has 0 amide bonds. The molecule has 3 rings (SSSR count). The van der Waals surface area contributed by atoms with Gasteiger partial charge in [0.25, 0.3) is 0 Å². The number of fused-ring (bicyclic) bond motifs is 1. The van der Waals surface area contributed by atoms with Gasteiger partial charge in [-0.05, 0) is 34.5 Å². The third kappa shape index (κ3) is 2.27. The molecule has 0 fully saturated rings. The maximum atomic E-state index is 10.6. The first-order chi connectivity index (χ1) is 9.70. The monoisotopic (exact) mass is 334 g/mol. The van der Waals surface area contributed by atoms with Crippen LogP contribution < -0.4 is 0 Å². The molecule has 2 heterocycles. The van der Waals surface area contributed by atoms with E-state index in [9.17, 15) is 5.11 Å². The van der Waals surface area contributed by atoms with Gasteiger partial charge in [-0.3, -0.25) is 4.68 Å². The van der Waals surface area contributed by atoms with Gasteiger partial charge in [0.05, 0.1) is 16.4 Å². The van der Waals surface area contributed by atoms with Crippen molar-refractivity contribution < 1.29 is 9.52 Å². The SMILES string of the molecule is CCCn1ncc(Br)c1C(O)c1cc2ccccc2o1. The summed E-state index contributed by atoms with van der Waals surface area (Å²) < 4.78 is 8.33. The van der Waals surface area contributed by atoms with Crippen LogP contribution in [0.3, 0.4) is 0 Å². The van der Waals surface area contributed by atoms with Crippen LogP contribution in [0.25, 0.3) is 11.0 Å². The van der Waals surface area contributed by atoms with Crippen molar-refractivity contribution in [1.29, 1.82) is 0 Å². The largest absolute Gasteiger partial charge is 0.458 e. The van der Waals surface area contributed by atoms with Gasteiger partial charge in [-0.1, -0.05) is 25.1 Å². The predicted octanol–water partition coefficient (Wildman–Crippen LogP) is 3.88. The lowest BCUT2D eigenvalue weighted by atomic mass is 10.2. The Morgan fingerprint density at radius 2 is 2.20 bits per heavy atom. The van der Waals surface area contributed by atoms with Crippen LogP contribution in [0.15, 0.2) is 45.4 Å². The van der Waals surface area contributed by atoms with Crippen molar-refractivity contribution in [3.05, 3.63) is 52.5 Å². The summed E-state index contributed by atoms with van der Waals surface area (Å²) in [5, 5.41) is 15.8. The maximum Gasteiger partial charge on any atom is 0.154 e. The Balaban J connectivity index is 2.03. The Morgan fingerprint density at radius 3 is 2.95 bits per heavy atom. The summed E-state index contributed by atoms with van der Waals surface area (Å²) in [6.45, 7) is 2.84. The fraction of sp³-hybridized carbons (Fsp3) is 0.267. The molecule has 2 aromatic heterocycles. The summed E-state index contributed by atoms with van der Waals surface area (Å²) in [5.41, 5.74) is 1.50. The molecule has 104 valence electrons. The van der Waals surface area contributed by atoms with Gasteiger partial charge in [-0.25, -0.2) is 0 Å². The van der Waals surface area contributed by atoms with Gasteiger partial charge in [0.15, 0.2) is 6.10 Å². The molecular formula is C15H15BrN2O2. The van der Waals surface area contributed by atoms with Gasteiger partial charge in [0, 0.05) is 11.9 Å². The highest BCUT2D eigenvalue weighted by molar-refractivity contribution is 9.10. The van der Waals surface area contributed by atoms with Crippen LogP contribution >= 0.6 is 15.9 Å². The predicted molar refractivity (Wildman–Crippen MR) is 80.5 cm³/mol. The number of para-hydroxylation sites is 1. The molecule has 0 saturated carbocycles. The van der Waals surface area contributed by atoms with Gasteiger partial charge in [0.1, 0.15) is 11.3 Å². The van der Waals surface area contributed by atoms with Crippen molar-refractivity contribution >= 4 is 26.9 Å². The number of aromatic nitrogens is 2. The van der Waals surface area contributed by atoms with Crippen molar-refractivity contribution in [2.45, 2.75) is 26.0 Å². The smallest absolute Gasteiger partial charge is 0.154 e. The van der Waals surface area contributed by atoms with Crippen LogP contribution in [0.1, 0.15) is 30.9 Å². The first-order valence-electron chi connectivity index (χ1n) is 6.58. The topological polar surface area (TPSA) is 51.2 Å². The molecule has 0 bridgehead atoms. The lowest BCUT2D eigenvalue weighted by Crippen LogP contribution is -2.10. The van der Waals surface area contributed by atoms with Crippen molar-refractivity contribution in [1.82, 2.24) is 9.78 Å². The molecule has 0 spiro atoms. The third-order valence-corrected chi connectivity index (χ3v) is 3.85. The zero-order chi connectivity index (χ0) is 14.1. The highest BCUT2D eigenvalue weighted by atomic mass is 79.9. The summed E-state index contributed by atoms with van der Waals surface area (Å²) in [5.74, 6) is 0.532. The molecule has 0 aliphatic rings. The van der Waals surface area contributed by atoms with Crippen LogP contribution in [-0.2, 0) is 6.54 Å². The van der Waals surface area contributed by atoms with Gasteiger partial charge in [-0.15, -0.1) is 0 Å². The minimum absolute atomic E-state index is 0.532. The van der Waals surface area contributed by atoms with Gasteiger partial charge >= 0.3 is 0 Å². The number of nitrogens with zero attached hydrogens (tertiary/aromatic N) is 2. The lowest BCUT2D eigenvalue weighted by Gasteiger charge is -2.11. The van der Waals surface area contributed by atoms with Crippen molar-refractivity contribution in [2.24, 2.45) is 0 Å². The minimum atomic E-state index is -0.828. The Labute approximate surface area is 125 Å². The summed E-state index contributed by atoms with van der Waals surface area (Å²) in [4.78, 5) is 0. The molecular weight excluding hydrogens is 320 g/mol. The molecule has 1 aromatic carbocycles. The first kappa shape index (κ1) is 13.4. The minimum Gasteiger partial charge on any atom is -0.458 e. The molecule has 0 radical (unpaired) electrons. The zero-order valence-corrected chi connectivity index (χ0v) is 12.7. The molecule has 0 saturated heterocycles. The van der Waals surface area contributed by atoms with E-state index in [1.54, 1.807) is 6.20 Å². The summed E-state index contributed by atoms with van der Waals surface area (Å²) in [7, 11) is 0. The second kappa shape index (κ2) is 5.42. The zero-order valence-electron chi connectivity index (χ0n) is 11.1. The first-order valence-corrected chi connectivity index (χ1v) is 7.37. The molecule has 20 heavy (non-hydrogen) atoms. The van der Waals surface area contributed by atoms with E-state index < -0.39 is 6.10 Å². The molecule has 0 aliphatic heterocycles. The lowest BCUT2D eigenvalue weighted by molar-refractivity contribution is 0.180. The number of halogens is 1. The maximum absolute atomic E-state index is 10.6. The van der Waals surface area contributed by atoms with E-state index in [1.165, 1.54) is 0 Å². The molecule has 1 atom stereocenters. The second-order valence-corrected chi connectivity index (χ2v) is 5.54. The van der Waals surface area contributed by atoms with E-state index in [0.717, 1.165) is 34.1 Å². The van der Waals surface area contributed by atoms with Crippen LogP contribution in [0, 0.1) is 0 Å².